The molecule has 4 nitrogen and oxygen atoms in total. The van der Waals surface area contributed by atoms with Crippen molar-refractivity contribution in [2.24, 2.45) is 5.73 Å². The summed E-state index contributed by atoms with van der Waals surface area (Å²) in [4.78, 5) is 11.4. The van der Waals surface area contributed by atoms with Crippen molar-refractivity contribution in [1.82, 2.24) is 0 Å². The summed E-state index contributed by atoms with van der Waals surface area (Å²) in [6.07, 6.45) is 1.53. The molecule has 2 N–H and O–H groups in total. The zero-order chi connectivity index (χ0) is 10.4. The molecule has 0 saturated heterocycles. The molecule has 15 heavy (non-hydrogen) atoms. The molecule has 0 fully saturated rings. The molecule has 0 unspecified atom stereocenters. The molecule has 2 aliphatic rings. The van der Waals surface area contributed by atoms with E-state index in [4.69, 9.17) is 15.2 Å². The van der Waals surface area contributed by atoms with Gasteiger partial charge in [-0.25, -0.2) is 0 Å². The molecule has 78 valence electrons. The van der Waals surface area contributed by atoms with Crippen LogP contribution in [0.15, 0.2) is 6.07 Å². The highest BCUT2D eigenvalue weighted by atomic mass is 16.5. The molecular formula is C11H11NO3. The molecule has 0 bridgehead atoms. The Kier molecular flexibility index (Phi) is 1.65. The normalized spacial score (nSPS) is 16.5. The van der Waals surface area contributed by atoms with E-state index in [0.29, 0.717) is 18.8 Å². The average Bonchev–Trinajstić information content (AvgIpc) is 2.79. The van der Waals surface area contributed by atoms with Gasteiger partial charge in [-0.05, 0) is 0 Å². The van der Waals surface area contributed by atoms with Crippen LogP contribution in [0.5, 0.6) is 11.5 Å². The summed E-state index contributed by atoms with van der Waals surface area (Å²) in [5, 5.41) is 0. The number of benzene rings is 1. The van der Waals surface area contributed by atoms with E-state index in [-0.39, 0.29) is 5.91 Å². The average molecular weight is 205 g/mol. The van der Waals surface area contributed by atoms with Crippen LogP contribution in [0.25, 0.3) is 0 Å². The van der Waals surface area contributed by atoms with Gasteiger partial charge in [0, 0.05) is 30.0 Å². The lowest BCUT2D eigenvalue weighted by atomic mass is 9.97. The maximum atomic E-state index is 11.4. The van der Waals surface area contributed by atoms with Crippen LogP contribution in [0.4, 0.5) is 0 Å². The number of nitrogens with two attached hydrogens (primary N) is 1. The van der Waals surface area contributed by atoms with Gasteiger partial charge in [0.15, 0.2) is 0 Å². The van der Waals surface area contributed by atoms with Gasteiger partial charge in [-0.3, -0.25) is 4.79 Å². The first-order valence-electron chi connectivity index (χ1n) is 5.01. The fourth-order valence-corrected chi connectivity index (χ4v) is 2.30. The van der Waals surface area contributed by atoms with Gasteiger partial charge < -0.3 is 15.2 Å². The number of fused-ring (bicyclic) bond motifs is 2. The quantitative estimate of drug-likeness (QED) is 0.732. The summed E-state index contributed by atoms with van der Waals surface area (Å²) in [5.74, 6) is 1.13. The number of carbonyl (C=O) groups excluding carboxylic acids is 1. The van der Waals surface area contributed by atoms with E-state index < -0.39 is 0 Å². The summed E-state index contributed by atoms with van der Waals surface area (Å²) in [6, 6.07) is 1.87. The van der Waals surface area contributed by atoms with Gasteiger partial charge in [0.25, 0.3) is 0 Å². The maximum absolute atomic E-state index is 11.4. The fraction of sp³-hybridized carbons (Fsp3) is 0.364. The van der Waals surface area contributed by atoms with Crippen LogP contribution < -0.4 is 15.2 Å². The number of carbonyl (C=O) groups is 1. The first kappa shape index (κ1) is 8.59. The Morgan fingerprint density at radius 3 is 2.13 bits per heavy atom. The molecule has 1 aromatic rings. The van der Waals surface area contributed by atoms with E-state index in [2.05, 4.69) is 0 Å². The Morgan fingerprint density at radius 1 is 1.13 bits per heavy atom. The van der Waals surface area contributed by atoms with Gasteiger partial charge in [0.05, 0.1) is 18.8 Å². The van der Waals surface area contributed by atoms with Crippen LogP contribution in [-0.2, 0) is 12.8 Å². The minimum atomic E-state index is -0.376. The molecule has 1 aromatic carbocycles. The molecule has 0 spiro atoms. The second-order valence-electron chi connectivity index (χ2n) is 3.77. The monoisotopic (exact) mass is 205 g/mol. The van der Waals surface area contributed by atoms with Crippen molar-refractivity contribution in [2.45, 2.75) is 12.8 Å². The SMILES string of the molecule is NC(=O)c1c2c(cc3c1CCO3)OCC2. The summed E-state index contributed by atoms with van der Waals surface area (Å²) in [6.45, 7) is 1.25. The Balaban J connectivity index is 2.29. The number of primary amides is 1. The largest absolute Gasteiger partial charge is 0.493 e. The van der Waals surface area contributed by atoms with E-state index in [1.807, 2.05) is 6.07 Å². The zero-order valence-electron chi connectivity index (χ0n) is 8.21. The van der Waals surface area contributed by atoms with Crippen molar-refractivity contribution < 1.29 is 14.3 Å². The highest BCUT2D eigenvalue weighted by Gasteiger charge is 2.28. The summed E-state index contributed by atoms with van der Waals surface area (Å²) in [7, 11) is 0. The van der Waals surface area contributed by atoms with E-state index in [1.165, 1.54) is 0 Å². The minimum absolute atomic E-state index is 0.376. The molecule has 0 aliphatic carbocycles. The summed E-state index contributed by atoms with van der Waals surface area (Å²) in [5.41, 5.74) is 7.93. The highest BCUT2D eigenvalue weighted by Crippen LogP contribution is 2.39. The maximum Gasteiger partial charge on any atom is 0.249 e. The van der Waals surface area contributed by atoms with Gasteiger partial charge in [-0.1, -0.05) is 0 Å². The Morgan fingerprint density at radius 2 is 1.67 bits per heavy atom. The third kappa shape index (κ3) is 1.11. The second-order valence-corrected chi connectivity index (χ2v) is 3.77. The lowest BCUT2D eigenvalue weighted by Gasteiger charge is -2.08. The second kappa shape index (κ2) is 2.89. The lowest BCUT2D eigenvalue weighted by Crippen LogP contribution is -2.15. The summed E-state index contributed by atoms with van der Waals surface area (Å²) >= 11 is 0. The molecule has 0 aromatic heterocycles. The van der Waals surface area contributed by atoms with E-state index in [9.17, 15) is 4.79 Å². The van der Waals surface area contributed by atoms with Crippen LogP contribution in [0.1, 0.15) is 21.5 Å². The third-order valence-electron chi connectivity index (χ3n) is 2.93. The minimum Gasteiger partial charge on any atom is -0.493 e. The standard InChI is InChI=1S/C11H11NO3/c12-11(13)10-6-1-3-14-8(6)5-9-7(10)2-4-15-9/h5H,1-4H2,(H2,12,13). The van der Waals surface area contributed by atoms with Crippen LogP contribution >= 0.6 is 0 Å². The molecule has 2 aliphatic heterocycles. The van der Waals surface area contributed by atoms with Gasteiger partial charge >= 0.3 is 0 Å². The smallest absolute Gasteiger partial charge is 0.249 e. The third-order valence-corrected chi connectivity index (χ3v) is 2.93. The van der Waals surface area contributed by atoms with Gasteiger partial charge in [0.2, 0.25) is 5.91 Å². The van der Waals surface area contributed by atoms with Crippen molar-refractivity contribution >= 4 is 5.91 Å². The number of amides is 1. The van der Waals surface area contributed by atoms with Crippen LogP contribution in [-0.4, -0.2) is 19.1 Å². The van der Waals surface area contributed by atoms with Crippen molar-refractivity contribution in [1.29, 1.82) is 0 Å². The number of hydrogen-bond donors (Lipinski definition) is 1. The van der Waals surface area contributed by atoms with E-state index in [0.717, 1.165) is 35.5 Å². The predicted octanol–water partition coefficient (Wildman–Crippen LogP) is 0.655. The molecule has 1 amide bonds. The van der Waals surface area contributed by atoms with Crippen LogP contribution in [0, 0.1) is 0 Å². The number of hydrogen-bond acceptors (Lipinski definition) is 3. The molecule has 0 atom stereocenters. The molecule has 2 heterocycles. The molecule has 0 saturated carbocycles. The van der Waals surface area contributed by atoms with Crippen molar-refractivity contribution in [2.75, 3.05) is 13.2 Å². The number of rotatable bonds is 1. The van der Waals surface area contributed by atoms with E-state index in [1.54, 1.807) is 0 Å². The Hall–Kier alpha value is -1.71. The first-order chi connectivity index (χ1) is 7.27. The highest BCUT2D eigenvalue weighted by molar-refractivity contribution is 5.97. The van der Waals surface area contributed by atoms with Gasteiger partial charge in [-0.15, -0.1) is 0 Å². The fourth-order valence-electron chi connectivity index (χ4n) is 2.30. The van der Waals surface area contributed by atoms with Crippen molar-refractivity contribution in [3.8, 4) is 11.5 Å². The Bertz CT molecular complexity index is 421. The number of ether oxygens (including phenoxy) is 2. The van der Waals surface area contributed by atoms with Gasteiger partial charge in [-0.2, -0.15) is 0 Å². The van der Waals surface area contributed by atoms with Crippen LogP contribution in [0.3, 0.4) is 0 Å². The summed E-state index contributed by atoms with van der Waals surface area (Å²) < 4.78 is 10.9. The topological polar surface area (TPSA) is 61.6 Å². The van der Waals surface area contributed by atoms with Crippen LogP contribution in [0.2, 0.25) is 0 Å². The van der Waals surface area contributed by atoms with Gasteiger partial charge in [0.1, 0.15) is 11.5 Å². The molecule has 3 rings (SSSR count). The first-order valence-corrected chi connectivity index (χ1v) is 5.01. The lowest BCUT2D eigenvalue weighted by molar-refractivity contribution is 0.0998. The predicted molar refractivity (Wildman–Crippen MR) is 53.4 cm³/mol. The van der Waals surface area contributed by atoms with Crippen molar-refractivity contribution in [3.05, 3.63) is 22.8 Å². The zero-order valence-corrected chi connectivity index (χ0v) is 8.21. The molecule has 0 radical (unpaired) electrons. The van der Waals surface area contributed by atoms with Crippen molar-refractivity contribution in [3.63, 3.8) is 0 Å². The Labute approximate surface area is 87.0 Å². The molecule has 4 heteroatoms. The van der Waals surface area contributed by atoms with E-state index >= 15 is 0 Å². The molecular weight excluding hydrogens is 194 g/mol.